The second kappa shape index (κ2) is 17.0. The minimum atomic E-state index is -0.847. The first-order chi connectivity index (χ1) is 36.9. The van der Waals surface area contributed by atoms with Gasteiger partial charge in [-0.15, -0.1) is 0 Å². The van der Waals surface area contributed by atoms with Crippen LogP contribution in [0.4, 0.5) is 34.1 Å². The summed E-state index contributed by atoms with van der Waals surface area (Å²) in [6, 6.07) is 83.5. The molecule has 0 amide bonds. The van der Waals surface area contributed by atoms with Crippen molar-refractivity contribution in [3.8, 4) is 22.6 Å². The van der Waals surface area contributed by atoms with Gasteiger partial charge in [0, 0.05) is 45.8 Å². The largest absolute Gasteiger partial charge is 0.457 e. The molecule has 1 spiro atoms. The summed E-state index contributed by atoms with van der Waals surface area (Å²) in [5.41, 5.74) is 15.4. The van der Waals surface area contributed by atoms with E-state index < -0.39 is 5.41 Å². The molecule has 4 heteroatoms. The van der Waals surface area contributed by atoms with Crippen LogP contribution in [0.5, 0.6) is 11.5 Å². The lowest BCUT2D eigenvalue weighted by molar-refractivity contribution is 0.439. The summed E-state index contributed by atoms with van der Waals surface area (Å²) in [5.74, 6) is 1.72. The van der Waals surface area contributed by atoms with Crippen molar-refractivity contribution in [2.45, 2.75) is 57.8 Å². The SMILES string of the molecule is CC(C)(C)c1ccc(N(c2cccnc2)c2ccc3c(c2)C2(c4cc5ccccc5cc4Oc4cc5ccccc5cc42)c2c-3c3ccccc3c3cc(N(c4ccccc4)c4ccc(C(C)(C)C)cc4)ccc23)cc1. The van der Waals surface area contributed by atoms with E-state index in [1.165, 1.54) is 65.7 Å². The number of hydrogen-bond acceptors (Lipinski definition) is 4. The van der Waals surface area contributed by atoms with Crippen LogP contribution >= 0.6 is 0 Å². The van der Waals surface area contributed by atoms with Crippen molar-refractivity contribution in [1.29, 1.82) is 0 Å². The third-order valence-electron chi connectivity index (χ3n) is 16.2. The number of benzene rings is 11. The smallest absolute Gasteiger partial charge is 0.132 e. The molecule has 0 saturated carbocycles. The Bertz CT molecular complexity index is 4180. The van der Waals surface area contributed by atoms with Crippen LogP contribution in [0.2, 0.25) is 0 Å². The third-order valence-corrected chi connectivity index (χ3v) is 16.2. The molecule has 2 aliphatic rings. The van der Waals surface area contributed by atoms with E-state index in [1.807, 2.05) is 18.5 Å². The van der Waals surface area contributed by atoms with Gasteiger partial charge < -0.3 is 14.5 Å². The van der Waals surface area contributed by atoms with E-state index in [4.69, 9.17) is 9.72 Å². The molecule has 2 heterocycles. The van der Waals surface area contributed by atoms with Crippen LogP contribution in [0.15, 0.2) is 237 Å². The molecule has 76 heavy (non-hydrogen) atoms. The Morgan fingerprint density at radius 2 is 0.842 bits per heavy atom. The lowest BCUT2D eigenvalue weighted by atomic mass is 9.64. The maximum atomic E-state index is 7.32. The van der Waals surface area contributed by atoms with Gasteiger partial charge in [0.2, 0.25) is 0 Å². The monoisotopic (exact) mass is 979 g/mol. The molecule has 1 aliphatic heterocycles. The zero-order chi connectivity index (χ0) is 51.5. The van der Waals surface area contributed by atoms with Crippen LogP contribution in [0, 0.1) is 0 Å². The maximum absolute atomic E-state index is 7.32. The van der Waals surface area contributed by atoms with Crippen LogP contribution in [0.3, 0.4) is 0 Å². The molecule has 366 valence electrons. The van der Waals surface area contributed by atoms with E-state index in [-0.39, 0.29) is 10.8 Å². The van der Waals surface area contributed by atoms with E-state index in [1.54, 1.807) is 0 Å². The van der Waals surface area contributed by atoms with Gasteiger partial charge in [-0.1, -0.05) is 169 Å². The molecule has 11 aromatic carbocycles. The van der Waals surface area contributed by atoms with Gasteiger partial charge in [0.15, 0.2) is 0 Å². The Morgan fingerprint density at radius 1 is 0.368 bits per heavy atom. The van der Waals surface area contributed by atoms with Crippen molar-refractivity contribution in [1.82, 2.24) is 4.98 Å². The summed E-state index contributed by atoms with van der Waals surface area (Å²) in [5, 5.41) is 9.43. The molecule has 0 saturated heterocycles. The van der Waals surface area contributed by atoms with Gasteiger partial charge in [0.1, 0.15) is 11.5 Å². The molecule has 0 N–H and O–H groups in total. The van der Waals surface area contributed by atoms with Crippen LogP contribution in [0.1, 0.15) is 74.9 Å². The van der Waals surface area contributed by atoms with E-state index in [0.29, 0.717) is 0 Å². The molecule has 0 unspecified atom stereocenters. The standard InChI is InChI=1S/C72H57N3O/c1-70(2,3)50-26-30-53(31-27-50)74(52-21-8-7-9-22-52)55-34-36-60-62(43-55)58-24-14-15-25-59(58)68-61-37-35-56(75(57-23-16-38-73-45-57)54-32-28-51(29-33-54)71(4,5)6)44-63(61)72(69(60)68)64-39-46-17-10-12-19-48(46)41-66(64)76-67-42-49-20-13-11-18-47(49)40-65(67)72/h7-45H,1-6H3. The quantitative estimate of drug-likeness (QED) is 0.155. The van der Waals surface area contributed by atoms with Gasteiger partial charge in [-0.3, -0.25) is 4.98 Å². The molecule has 0 bridgehead atoms. The first-order valence-electron chi connectivity index (χ1n) is 26.6. The molecule has 0 atom stereocenters. The summed E-state index contributed by atoms with van der Waals surface area (Å²) in [6.45, 7) is 13.6. The molecule has 0 radical (unpaired) electrons. The van der Waals surface area contributed by atoms with Gasteiger partial charge in [-0.25, -0.2) is 0 Å². The lowest BCUT2D eigenvalue weighted by Crippen LogP contribution is -2.32. The van der Waals surface area contributed by atoms with Gasteiger partial charge in [0.05, 0.1) is 17.3 Å². The number of para-hydroxylation sites is 1. The predicted molar refractivity (Wildman–Crippen MR) is 318 cm³/mol. The zero-order valence-electron chi connectivity index (χ0n) is 43.8. The number of rotatable bonds is 6. The fraction of sp³-hybridized carbons (Fsp3) is 0.125. The van der Waals surface area contributed by atoms with Crippen LogP contribution in [0.25, 0.3) is 54.2 Å². The Balaban J connectivity index is 1.11. The van der Waals surface area contributed by atoms with E-state index in [0.717, 1.165) is 67.5 Å². The van der Waals surface area contributed by atoms with Crippen molar-refractivity contribution in [2.24, 2.45) is 0 Å². The lowest BCUT2D eigenvalue weighted by Gasteiger charge is -2.41. The number of hydrogen-bond donors (Lipinski definition) is 0. The summed E-state index contributed by atoms with van der Waals surface area (Å²) in [4.78, 5) is 9.47. The van der Waals surface area contributed by atoms with Gasteiger partial charge in [-0.05, 0) is 184 Å². The fourth-order valence-corrected chi connectivity index (χ4v) is 12.5. The van der Waals surface area contributed by atoms with Crippen LogP contribution < -0.4 is 14.5 Å². The second-order valence-corrected chi connectivity index (χ2v) is 22.8. The number of ether oxygens (including phenoxy) is 1. The first kappa shape index (κ1) is 45.6. The number of fused-ring (bicyclic) bond motifs is 16. The van der Waals surface area contributed by atoms with Crippen molar-refractivity contribution in [2.75, 3.05) is 9.80 Å². The Labute approximate surface area is 445 Å². The topological polar surface area (TPSA) is 28.6 Å². The molecular weight excluding hydrogens is 923 g/mol. The van der Waals surface area contributed by atoms with Gasteiger partial charge in [-0.2, -0.15) is 0 Å². The highest BCUT2D eigenvalue weighted by Gasteiger charge is 2.53. The van der Waals surface area contributed by atoms with Crippen molar-refractivity contribution < 1.29 is 4.74 Å². The van der Waals surface area contributed by atoms with Crippen LogP contribution in [-0.4, -0.2) is 4.98 Å². The normalized spacial score (nSPS) is 13.3. The Morgan fingerprint density at radius 3 is 1.41 bits per heavy atom. The summed E-state index contributed by atoms with van der Waals surface area (Å²) in [7, 11) is 0. The maximum Gasteiger partial charge on any atom is 0.132 e. The minimum absolute atomic E-state index is 0.00537. The van der Waals surface area contributed by atoms with E-state index >= 15 is 0 Å². The Kier molecular flexibility index (Phi) is 10.2. The van der Waals surface area contributed by atoms with Crippen molar-refractivity contribution >= 4 is 77.2 Å². The molecule has 14 rings (SSSR count). The Hall–Kier alpha value is -8.99. The van der Waals surface area contributed by atoms with E-state index in [9.17, 15) is 0 Å². The second-order valence-electron chi connectivity index (χ2n) is 22.8. The average Bonchev–Trinajstić information content (AvgIpc) is 4.00. The summed E-state index contributed by atoms with van der Waals surface area (Å²) < 4.78 is 7.32. The zero-order valence-corrected chi connectivity index (χ0v) is 43.8. The van der Waals surface area contributed by atoms with Gasteiger partial charge >= 0.3 is 0 Å². The number of aromatic nitrogens is 1. The summed E-state index contributed by atoms with van der Waals surface area (Å²) in [6.07, 6.45) is 3.83. The highest BCUT2D eigenvalue weighted by molar-refractivity contribution is 6.20. The average molecular weight is 980 g/mol. The highest BCUT2D eigenvalue weighted by Crippen LogP contribution is 2.66. The molecule has 12 aromatic rings. The molecule has 1 aromatic heterocycles. The molecule has 0 fully saturated rings. The van der Waals surface area contributed by atoms with E-state index in [2.05, 4.69) is 270 Å². The van der Waals surface area contributed by atoms with Gasteiger partial charge in [0.25, 0.3) is 0 Å². The summed E-state index contributed by atoms with van der Waals surface area (Å²) >= 11 is 0. The fourth-order valence-electron chi connectivity index (χ4n) is 12.5. The van der Waals surface area contributed by atoms with Crippen LogP contribution in [-0.2, 0) is 16.2 Å². The predicted octanol–water partition coefficient (Wildman–Crippen LogP) is 19.7. The first-order valence-corrected chi connectivity index (χ1v) is 26.6. The number of anilines is 6. The van der Waals surface area contributed by atoms with Crippen molar-refractivity contribution in [3.63, 3.8) is 0 Å². The third kappa shape index (κ3) is 7.08. The minimum Gasteiger partial charge on any atom is -0.457 e. The highest BCUT2D eigenvalue weighted by atomic mass is 16.5. The molecule has 1 aliphatic carbocycles. The number of nitrogens with zero attached hydrogens (tertiary/aromatic N) is 3. The molecule has 4 nitrogen and oxygen atoms in total. The van der Waals surface area contributed by atoms with Crippen molar-refractivity contribution in [3.05, 3.63) is 270 Å². The molecular formula is C72H57N3O. The number of pyridine rings is 1.